The number of carbonyl (C=O) groups excluding carboxylic acids is 1. The number of carbonyl (C=O) groups is 1. The zero-order valence-corrected chi connectivity index (χ0v) is 9.88. The first-order valence-electron chi connectivity index (χ1n) is 5.20. The number of amides is 1. The maximum absolute atomic E-state index is 11.8. The van der Waals surface area contributed by atoms with Gasteiger partial charge in [0.2, 0.25) is 0 Å². The van der Waals surface area contributed by atoms with E-state index in [0.29, 0.717) is 6.54 Å². The van der Waals surface area contributed by atoms with Crippen LogP contribution >= 0.6 is 11.3 Å². The maximum Gasteiger partial charge on any atom is 0.261 e. The lowest BCUT2D eigenvalue weighted by Crippen LogP contribution is -2.37. The van der Waals surface area contributed by atoms with Gasteiger partial charge in [0.25, 0.3) is 5.91 Å². The molecule has 4 heteroatoms. The third kappa shape index (κ3) is 2.23. The summed E-state index contributed by atoms with van der Waals surface area (Å²) in [5.41, 5.74) is 5.46. The molecule has 0 aliphatic rings. The minimum Gasteiger partial charge on any atom is -0.348 e. The smallest absolute Gasteiger partial charge is 0.261 e. The van der Waals surface area contributed by atoms with E-state index in [4.69, 9.17) is 5.73 Å². The summed E-state index contributed by atoms with van der Waals surface area (Å²) in [5.74, 6) is -0.0425. The average molecular weight is 234 g/mol. The van der Waals surface area contributed by atoms with Crippen LogP contribution in [0.4, 0.5) is 0 Å². The molecule has 0 saturated carbocycles. The first kappa shape index (κ1) is 11.1. The molecular weight excluding hydrogens is 220 g/mol. The molecule has 84 valence electrons. The van der Waals surface area contributed by atoms with Crippen molar-refractivity contribution in [3.05, 3.63) is 35.2 Å². The van der Waals surface area contributed by atoms with Crippen molar-refractivity contribution in [2.24, 2.45) is 5.73 Å². The molecule has 1 unspecified atom stereocenters. The minimum absolute atomic E-state index is 0.0118. The summed E-state index contributed by atoms with van der Waals surface area (Å²) in [6, 6.07) is 9.90. The summed E-state index contributed by atoms with van der Waals surface area (Å²) in [7, 11) is 0. The zero-order chi connectivity index (χ0) is 11.5. The van der Waals surface area contributed by atoms with Gasteiger partial charge in [-0.05, 0) is 24.4 Å². The summed E-state index contributed by atoms with van der Waals surface area (Å²) in [4.78, 5) is 12.6. The fraction of sp³-hybridized carbons (Fsp3) is 0.250. The maximum atomic E-state index is 11.8. The van der Waals surface area contributed by atoms with E-state index in [9.17, 15) is 4.79 Å². The van der Waals surface area contributed by atoms with Crippen LogP contribution in [0.5, 0.6) is 0 Å². The van der Waals surface area contributed by atoms with Gasteiger partial charge in [-0.2, -0.15) is 0 Å². The Kier molecular flexibility index (Phi) is 3.22. The lowest BCUT2D eigenvalue weighted by molar-refractivity contribution is 0.0945. The second kappa shape index (κ2) is 4.63. The summed E-state index contributed by atoms with van der Waals surface area (Å²) in [6.45, 7) is 2.35. The van der Waals surface area contributed by atoms with Crippen LogP contribution in [-0.2, 0) is 0 Å². The number of hydrogen-bond donors (Lipinski definition) is 2. The van der Waals surface area contributed by atoms with Crippen molar-refractivity contribution in [1.29, 1.82) is 0 Å². The SMILES string of the molecule is CC(CN)NC(=O)c1cc2ccccc2s1. The molecule has 0 saturated heterocycles. The molecule has 2 aromatic rings. The first-order valence-corrected chi connectivity index (χ1v) is 6.02. The van der Waals surface area contributed by atoms with Crippen molar-refractivity contribution in [2.75, 3.05) is 6.54 Å². The number of nitrogens with one attached hydrogen (secondary N) is 1. The topological polar surface area (TPSA) is 55.1 Å². The van der Waals surface area contributed by atoms with Gasteiger partial charge < -0.3 is 11.1 Å². The monoisotopic (exact) mass is 234 g/mol. The zero-order valence-electron chi connectivity index (χ0n) is 9.07. The molecule has 0 radical (unpaired) electrons. The van der Waals surface area contributed by atoms with E-state index in [0.717, 1.165) is 15.0 Å². The molecule has 0 aliphatic heterocycles. The number of thiophene rings is 1. The summed E-state index contributed by atoms with van der Waals surface area (Å²) in [6.07, 6.45) is 0. The van der Waals surface area contributed by atoms with E-state index in [-0.39, 0.29) is 11.9 Å². The van der Waals surface area contributed by atoms with Crippen LogP contribution in [0, 0.1) is 0 Å². The van der Waals surface area contributed by atoms with Gasteiger partial charge in [0.1, 0.15) is 0 Å². The van der Waals surface area contributed by atoms with Crippen LogP contribution < -0.4 is 11.1 Å². The Morgan fingerprint density at radius 2 is 2.25 bits per heavy atom. The van der Waals surface area contributed by atoms with Crippen molar-refractivity contribution in [3.8, 4) is 0 Å². The van der Waals surface area contributed by atoms with Gasteiger partial charge >= 0.3 is 0 Å². The Balaban J connectivity index is 2.23. The molecule has 1 aromatic carbocycles. The number of rotatable bonds is 3. The molecule has 1 amide bonds. The highest BCUT2D eigenvalue weighted by molar-refractivity contribution is 7.20. The summed E-state index contributed by atoms with van der Waals surface area (Å²) < 4.78 is 1.13. The van der Waals surface area contributed by atoms with Gasteiger partial charge in [0, 0.05) is 17.3 Å². The third-order valence-electron chi connectivity index (χ3n) is 2.38. The van der Waals surface area contributed by atoms with Crippen molar-refractivity contribution in [3.63, 3.8) is 0 Å². The van der Waals surface area contributed by atoms with Gasteiger partial charge in [-0.25, -0.2) is 0 Å². The third-order valence-corrected chi connectivity index (χ3v) is 3.50. The van der Waals surface area contributed by atoms with Crippen LogP contribution in [0.25, 0.3) is 10.1 Å². The van der Waals surface area contributed by atoms with Crippen LogP contribution in [0.2, 0.25) is 0 Å². The van der Waals surface area contributed by atoms with E-state index in [1.54, 1.807) is 0 Å². The predicted molar refractivity (Wildman–Crippen MR) is 67.8 cm³/mol. The van der Waals surface area contributed by atoms with Crippen LogP contribution in [-0.4, -0.2) is 18.5 Å². The average Bonchev–Trinajstić information content (AvgIpc) is 2.72. The second-order valence-electron chi connectivity index (χ2n) is 3.76. The van der Waals surface area contributed by atoms with Gasteiger partial charge in [-0.15, -0.1) is 11.3 Å². The normalized spacial score (nSPS) is 12.6. The lowest BCUT2D eigenvalue weighted by Gasteiger charge is -2.09. The lowest BCUT2D eigenvalue weighted by atomic mass is 10.2. The van der Waals surface area contributed by atoms with Gasteiger partial charge in [-0.3, -0.25) is 4.79 Å². The Hall–Kier alpha value is -1.39. The molecule has 0 aliphatic carbocycles. The predicted octanol–water partition coefficient (Wildman–Crippen LogP) is 1.98. The number of hydrogen-bond acceptors (Lipinski definition) is 3. The van der Waals surface area contributed by atoms with Crippen LogP contribution in [0.3, 0.4) is 0 Å². The standard InChI is InChI=1S/C12H14N2OS/c1-8(7-13)14-12(15)11-6-9-4-2-3-5-10(9)16-11/h2-6,8H,7,13H2,1H3,(H,14,15). The molecule has 1 atom stereocenters. The fourth-order valence-electron chi connectivity index (χ4n) is 1.45. The molecule has 1 aromatic heterocycles. The molecule has 1 heterocycles. The van der Waals surface area contributed by atoms with Crippen molar-refractivity contribution < 1.29 is 4.79 Å². The quantitative estimate of drug-likeness (QED) is 0.853. The van der Waals surface area contributed by atoms with E-state index in [1.165, 1.54) is 11.3 Å². The van der Waals surface area contributed by atoms with Crippen molar-refractivity contribution >= 4 is 27.3 Å². The summed E-state index contributed by atoms with van der Waals surface area (Å²) >= 11 is 1.50. The first-order chi connectivity index (χ1) is 7.70. The van der Waals surface area contributed by atoms with E-state index < -0.39 is 0 Å². The van der Waals surface area contributed by atoms with Gasteiger partial charge in [-0.1, -0.05) is 18.2 Å². The van der Waals surface area contributed by atoms with Crippen molar-refractivity contribution in [2.45, 2.75) is 13.0 Å². The molecule has 3 N–H and O–H groups in total. The Morgan fingerprint density at radius 1 is 1.50 bits per heavy atom. The van der Waals surface area contributed by atoms with Gasteiger partial charge in [0.05, 0.1) is 4.88 Å². The minimum atomic E-state index is -0.0425. The Labute approximate surface area is 98.3 Å². The highest BCUT2D eigenvalue weighted by Gasteiger charge is 2.11. The molecule has 0 fully saturated rings. The van der Waals surface area contributed by atoms with E-state index in [1.807, 2.05) is 37.3 Å². The van der Waals surface area contributed by atoms with Gasteiger partial charge in [0.15, 0.2) is 0 Å². The highest BCUT2D eigenvalue weighted by Crippen LogP contribution is 2.24. The Morgan fingerprint density at radius 3 is 2.94 bits per heavy atom. The summed E-state index contributed by atoms with van der Waals surface area (Å²) in [5, 5.41) is 3.96. The Bertz CT molecular complexity index is 473. The number of benzene rings is 1. The van der Waals surface area contributed by atoms with Crippen LogP contribution in [0.1, 0.15) is 16.6 Å². The largest absolute Gasteiger partial charge is 0.348 e. The molecular formula is C12H14N2OS. The fourth-order valence-corrected chi connectivity index (χ4v) is 2.41. The highest BCUT2D eigenvalue weighted by atomic mass is 32.1. The second-order valence-corrected chi connectivity index (χ2v) is 4.84. The molecule has 0 bridgehead atoms. The molecule has 3 nitrogen and oxygen atoms in total. The van der Waals surface area contributed by atoms with Crippen LogP contribution in [0.15, 0.2) is 30.3 Å². The number of fused-ring (bicyclic) bond motifs is 1. The molecule has 0 spiro atoms. The van der Waals surface area contributed by atoms with E-state index in [2.05, 4.69) is 5.32 Å². The van der Waals surface area contributed by atoms with E-state index >= 15 is 0 Å². The number of nitrogens with two attached hydrogens (primary N) is 1. The van der Waals surface area contributed by atoms with Crippen molar-refractivity contribution in [1.82, 2.24) is 5.32 Å². The molecule has 2 rings (SSSR count). The molecule has 16 heavy (non-hydrogen) atoms.